The van der Waals surface area contributed by atoms with Gasteiger partial charge in [-0.15, -0.1) is 0 Å². The summed E-state index contributed by atoms with van der Waals surface area (Å²) in [4.78, 5) is 15.0. The number of methoxy groups -OCH3 is 2. The van der Waals surface area contributed by atoms with Crippen molar-refractivity contribution in [2.75, 3.05) is 27.3 Å². The summed E-state index contributed by atoms with van der Waals surface area (Å²) in [5, 5.41) is 2.74. The minimum atomic E-state index is -4.43. The third kappa shape index (κ3) is 5.11. The normalized spacial score (nSPS) is 19.8. The summed E-state index contributed by atoms with van der Waals surface area (Å²) < 4.78 is 50.3. The number of nitrogens with one attached hydrogen (secondary N) is 1. The highest BCUT2D eigenvalue weighted by molar-refractivity contribution is 5.82. The van der Waals surface area contributed by atoms with Gasteiger partial charge in [0.15, 0.2) is 0 Å². The second kappa shape index (κ2) is 9.25. The third-order valence-corrected chi connectivity index (χ3v) is 7.02. The smallest absolute Gasteiger partial charge is 0.416 e. The molecule has 2 aromatic carbocycles. The molecule has 33 heavy (non-hydrogen) atoms. The van der Waals surface area contributed by atoms with Crippen LogP contribution in [0.25, 0.3) is 0 Å². The molecule has 1 amide bonds. The fraction of sp³-hybridized carbons (Fsp3) is 0.480. The first-order valence-electron chi connectivity index (χ1n) is 11.1. The second-order valence-electron chi connectivity index (χ2n) is 8.95. The van der Waals surface area contributed by atoms with Crippen LogP contribution < -0.4 is 14.8 Å². The Morgan fingerprint density at radius 1 is 1.09 bits per heavy atom. The maximum Gasteiger partial charge on any atom is 0.416 e. The maximum atomic E-state index is 13.2. The van der Waals surface area contributed by atoms with Crippen LogP contribution in [0.3, 0.4) is 0 Å². The number of hydrogen-bond acceptors (Lipinski definition) is 4. The molecule has 1 atom stereocenters. The molecule has 1 spiro atoms. The van der Waals surface area contributed by atoms with Gasteiger partial charge >= 0.3 is 6.18 Å². The first kappa shape index (κ1) is 23.4. The Balaban J connectivity index is 1.30. The third-order valence-electron chi connectivity index (χ3n) is 7.02. The Labute approximate surface area is 191 Å². The van der Waals surface area contributed by atoms with Crippen molar-refractivity contribution in [1.29, 1.82) is 0 Å². The van der Waals surface area contributed by atoms with Crippen LogP contribution in [0.5, 0.6) is 11.5 Å². The maximum absolute atomic E-state index is 13.2. The quantitative estimate of drug-likeness (QED) is 0.651. The molecule has 5 nitrogen and oxygen atoms in total. The average Bonchev–Trinajstić information content (AvgIpc) is 3.52. The largest absolute Gasteiger partial charge is 0.497 e. The molecule has 2 aliphatic rings. The van der Waals surface area contributed by atoms with Crippen LogP contribution in [0.15, 0.2) is 42.5 Å². The van der Waals surface area contributed by atoms with Crippen molar-refractivity contribution in [2.24, 2.45) is 11.3 Å². The standard InChI is InChI=1S/C25H29F3N2O3/c1-32-19-7-8-22(33-2)18(13-19)16-30-11-9-24(10-12-30)14-21(24)23(31)29-15-17-5-3-4-6-20(17)25(26,27)28/h3-8,13,21H,9-12,14-16H2,1-2H3,(H,29,31)/t21-/m1/s1. The van der Waals surface area contributed by atoms with Gasteiger partial charge in [0.25, 0.3) is 0 Å². The van der Waals surface area contributed by atoms with Gasteiger partial charge < -0.3 is 14.8 Å². The van der Waals surface area contributed by atoms with Gasteiger partial charge in [-0.3, -0.25) is 9.69 Å². The Morgan fingerprint density at radius 2 is 1.82 bits per heavy atom. The lowest BCUT2D eigenvalue weighted by molar-refractivity contribution is -0.138. The number of piperidine rings is 1. The fourth-order valence-corrected chi connectivity index (χ4v) is 4.93. The van der Waals surface area contributed by atoms with Gasteiger partial charge in [-0.25, -0.2) is 0 Å². The van der Waals surface area contributed by atoms with E-state index in [9.17, 15) is 18.0 Å². The van der Waals surface area contributed by atoms with Gasteiger partial charge in [-0.05, 0) is 67.6 Å². The summed E-state index contributed by atoms with van der Waals surface area (Å²) in [6.45, 7) is 2.35. The van der Waals surface area contributed by atoms with Crippen molar-refractivity contribution < 1.29 is 27.4 Å². The molecule has 0 bridgehead atoms. The lowest BCUT2D eigenvalue weighted by Gasteiger charge is -2.33. The minimum Gasteiger partial charge on any atom is -0.497 e. The van der Waals surface area contributed by atoms with Gasteiger partial charge in [0, 0.05) is 24.6 Å². The van der Waals surface area contributed by atoms with E-state index < -0.39 is 11.7 Å². The lowest BCUT2D eigenvalue weighted by atomic mass is 9.90. The number of likely N-dealkylation sites (tertiary alicyclic amines) is 1. The Bertz CT molecular complexity index is 1000. The molecule has 0 radical (unpaired) electrons. The van der Waals surface area contributed by atoms with Gasteiger partial charge in [0.05, 0.1) is 19.8 Å². The van der Waals surface area contributed by atoms with E-state index in [0.717, 1.165) is 62.0 Å². The monoisotopic (exact) mass is 462 g/mol. The predicted molar refractivity (Wildman–Crippen MR) is 118 cm³/mol. The van der Waals surface area contributed by atoms with E-state index in [1.165, 1.54) is 12.1 Å². The summed E-state index contributed by atoms with van der Waals surface area (Å²) in [6, 6.07) is 11.1. The molecule has 4 rings (SSSR count). The summed E-state index contributed by atoms with van der Waals surface area (Å²) in [5.74, 6) is 1.34. The number of hydrogen-bond donors (Lipinski definition) is 1. The van der Waals surface area contributed by atoms with Gasteiger partial charge in [-0.2, -0.15) is 13.2 Å². The number of rotatable bonds is 7. The molecule has 2 aromatic rings. The van der Waals surface area contributed by atoms with Crippen molar-refractivity contribution in [1.82, 2.24) is 10.2 Å². The number of alkyl halides is 3. The van der Waals surface area contributed by atoms with Gasteiger partial charge in [0.2, 0.25) is 5.91 Å². The van der Waals surface area contributed by atoms with E-state index in [-0.39, 0.29) is 29.3 Å². The number of halogens is 3. The van der Waals surface area contributed by atoms with E-state index in [0.29, 0.717) is 0 Å². The second-order valence-corrected chi connectivity index (χ2v) is 8.95. The molecule has 1 aliphatic carbocycles. The molecule has 2 fully saturated rings. The van der Waals surface area contributed by atoms with Crippen LogP contribution in [-0.2, 0) is 24.1 Å². The molecule has 1 aliphatic heterocycles. The lowest BCUT2D eigenvalue weighted by Crippen LogP contribution is -2.36. The molecular weight excluding hydrogens is 433 g/mol. The molecule has 1 saturated heterocycles. The molecule has 1 saturated carbocycles. The molecule has 178 valence electrons. The number of benzene rings is 2. The molecule has 1 heterocycles. The zero-order valence-electron chi connectivity index (χ0n) is 18.9. The van der Waals surface area contributed by atoms with Crippen LogP contribution in [0.1, 0.15) is 36.0 Å². The average molecular weight is 463 g/mol. The molecule has 0 aromatic heterocycles. The van der Waals surface area contributed by atoms with E-state index >= 15 is 0 Å². The summed E-state index contributed by atoms with van der Waals surface area (Å²) in [5.41, 5.74) is 0.427. The van der Waals surface area contributed by atoms with Gasteiger partial charge in [-0.1, -0.05) is 18.2 Å². The van der Waals surface area contributed by atoms with Crippen LogP contribution in [-0.4, -0.2) is 38.1 Å². The Kier molecular flexibility index (Phi) is 6.56. The number of amides is 1. The van der Waals surface area contributed by atoms with Crippen molar-refractivity contribution in [3.63, 3.8) is 0 Å². The first-order chi connectivity index (χ1) is 15.8. The first-order valence-corrected chi connectivity index (χ1v) is 11.1. The molecular formula is C25H29F3N2O3. The molecule has 0 unspecified atom stereocenters. The van der Waals surface area contributed by atoms with Crippen LogP contribution in [0, 0.1) is 11.3 Å². The van der Waals surface area contributed by atoms with Crippen molar-refractivity contribution in [2.45, 2.75) is 38.5 Å². The highest BCUT2D eigenvalue weighted by atomic mass is 19.4. The van der Waals surface area contributed by atoms with Crippen molar-refractivity contribution in [3.8, 4) is 11.5 Å². The van der Waals surface area contributed by atoms with Crippen molar-refractivity contribution >= 4 is 5.91 Å². The zero-order valence-corrected chi connectivity index (χ0v) is 18.9. The number of ether oxygens (including phenoxy) is 2. The zero-order chi connectivity index (χ0) is 23.6. The Hall–Kier alpha value is -2.74. The fourth-order valence-electron chi connectivity index (χ4n) is 4.93. The SMILES string of the molecule is COc1ccc(OC)c(CN2CCC3(CC2)C[C@@H]3C(=O)NCc2ccccc2C(F)(F)F)c1. The van der Waals surface area contributed by atoms with Gasteiger partial charge in [0.1, 0.15) is 11.5 Å². The number of nitrogens with zero attached hydrogens (tertiary/aromatic N) is 1. The topological polar surface area (TPSA) is 50.8 Å². The molecule has 8 heteroatoms. The highest BCUT2D eigenvalue weighted by Crippen LogP contribution is 2.59. The number of carbonyl (C=O) groups is 1. The van der Waals surface area contributed by atoms with E-state index in [1.807, 2.05) is 18.2 Å². The molecule has 1 N–H and O–H groups in total. The van der Waals surface area contributed by atoms with Crippen LogP contribution in [0.2, 0.25) is 0 Å². The van der Waals surface area contributed by atoms with E-state index in [1.54, 1.807) is 20.3 Å². The minimum absolute atomic E-state index is 0.0252. The van der Waals surface area contributed by atoms with E-state index in [4.69, 9.17) is 9.47 Å². The van der Waals surface area contributed by atoms with E-state index in [2.05, 4.69) is 10.2 Å². The summed E-state index contributed by atoms with van der Waals surface area (Å²) in [7, 11) is 3.28. The highest BCUT2D eigenvalue weighted by Gasteiger charge is 2.58. The predicted octanol–water partition coefficient (Wildman–Crippen LogP) is 4.64. The summed E-state index contributed by atoms with van der Waals surface area (Å²) >= 11 is 0. The summed E-state index contributed by atoms with van der Waals surface area (Å²) in [6.07, 6.45) is -1.83. The Morgan fingerprint density at radius 3 is 2.48 bits per heavy atom. The van der Waals surface area contributed by atoms with Crippen LogP contribution in [0.4, 0.5) is 13.2 Å². The van der Waals surface area contributed by atoms with Crippen LogP contribution >= 0.6 is 0 Å². The van der Waals surface area contributed by atoms with Crippen molar-refractivity contribution in [3.05, 3.63) is 59.2 Å². The number of carbonyl (C=O) groups excluding carboxylic acids is 1.